The Morgan fingerprint density at radius 3 is 2.92 bits per heavy atom. The average Bonchev–Trinajstić information content (AvgIpc) is 1.98. The molecule has 0 bridgehead atoms. The zero-order valence-electron chi connectivity index (χ0n) is 6.00. The first kappa shape index (κ1) is 8.45. The van der Waals surface area contributed by atoms with Gasteiger partial charge in [0.05, 0.1) is 12.1 Å². The van der Waals surface area contributed by atoms with E-state index in [4.69, 9.17) is 5.11 Å². The molecule has 0 aliphatic carbocycles. The third-order valence-electron chi connectivity index (χ3n) is 1.30. The molecule has 0 radical (unpaired) electrons. The molecule has 2 N–H and O–H groups in total. The predicted molar refractivity (Wildman–Crippen MR) is 38.4 cm³/mol. The highest BCUT2D eigenvalue weighted by molar-refractivity contribution is 5.69. The number of halogens is 1. The lowest BCUT2D eigenvalue weighted by Gasteiger charge is -1.96. The van der Waals surface area contributed by atoms with Crippen molar-refractivity contribution in [2.24, 2.45) is 0 Å². The summed E-state index contributed by atoms with van der Waals surface area (Å²) >= 11 is 0. The van der Waals surface area contributed by atoms with Crippen LogP contribution in [0, 0.1) is 5.82 Å². The fraction of sp³-hybridized carbons (Fsp3) is 0.143. The Hall–Kier alpha value is -1.65. The molecule has 1 aromatic heterocycles. The molecule has 0 saturated carbocycles. The van der Waals surface area contributed by atoms with Crippen molar-refractivity contribution in [3.8, 4) is 0 Å². The minimum Gasteiger partial charge on any atom is -0.481 e. The highest BCUT2D eigenvalue weighted by atomic mass is 19.1. The normalized spacial score (nSPS) is 9.75. The second-order valence-electron chi connectivity index (χ2n) is 2.20. The van der Waals surface area contributed by atoms with Crippen LogP contribution in [0.25, 0.3) is 0 Å². The Kier molecular flexibility index (Phi) is 2.23. The van der Waals surface area contributed by atoms with Crippen molar-refractivity contribution in [1.82, 2.24) is 4.98 Å². The minimum absolute atomic E-state index is 0.199. The van der Waals surface area contributed by atoms with Gasteiger partial charge in [0, 0.05) is 12.3 Å². The Balaban J connectivity index is 3.08. The molecule has 0 amide bonds. The fourth-order valence-corrected chi connectivity index (χ4v) is 0.783. The van der Waals surface area contributed by atoms with E-state index in [1.807, 2.05) is 0 Å². The number of aromatic amines is 1. The molecular formula is C7H6FNO3. The number of carbonyl (C=O) groups is 1. The quantitative estimate of drug-likeness (QED) is 0.664. The van der Waals surface area contributed by atoms with E-state index in [9.17, 15) is 14.0 Å². The Labute approximate surface area is 66.7 Å². The number of pyridine rings is 1. The third kappa shape index (κ3) is 1.69. The molecule has 0 aliphatic heterocycles. The van der Waals surface area contributed by atoms with E-state index >= 15 is 0 Å². The lowest BCUT2D eigenvalue weighted by Crippen LogP contribution is -2.13. The highest BCUT2D eigenvalue weighted by Gasteiger charge is 2.08. The molecule has 0 saturated heterocycles. The van der Waals surface area contributed by atoms with Crippen LogP contribution in [0.2, 0.25) is 0 Å². The maximum absolute atomic E-state index is 12.8. The number of aliphatic carboxylic acids is 1. The van der Waals surface area contributed by atoms with Crippen LogP contribution in [0.5, 0.6) is 0 Å². The number of hydrogen-bond donors (Lipinski definition) is 2. The van der Waals surface area contributed by atoms with Gasteiger partial charge in [0.25, 0.3) is 0 Å². The lowest BCUT2D eigenvalue weighted by atomic mass is 10.2. The van der Waals surface area contributed by atoms with E-state index in [1.54, 1.807) is 0 Å². The van der Waals surface area contributed by atoms with E-state index in [2.05, 4.69) is 4.98 Å². The fourth-order valence-electron chi connectivity index (χ4n) is 0.783. The van der Waals surface area contributed by atoms with Gasteiger partial charge in [-0.15, -0.1) is 0 Å². The van der Waals surface area contributed by atoms with Gasteiger partial charge in [-0.2, -0.15) is 0 Å². The van der Waals surface area contributed by atoms with E-state index in [0.29, 0.717) is 0 Å². The topological polar surface area (TPSA) is 70.2 Å². The second kappa shape index (κ2) is 3.17. The maximum Gasteiger partial charge on any atom is 0.309 e. The number of hydrogen-bond acceptors (Lipinski definition) is 2. The van der Waals surface area contributed by atoms with Crippen molar-refractivity contribution in [1.29, 1.82) is 0 Å². The Bertz CT molecular complexity index is 358. The molecule has 12 heavy (non-hydrogen) atoms. The standard InChI is InChI=1S/C7H6FNO3/c8-7-4(3-6(11)12)9-2-1-5(7)10/h1-2H,3H2,(H,9,10)(H,11,12). The van der Waals surface area contributed by atoms with Crippen LogP contribution in [-0.4, -0.2) is 16.1 Å². The van der Waals surface area contributed by atoms with Crippen LogP contribution in [0.15, 0.2) is 17.1 Å². The summed E-state index contributed by atoms with van der Waals surface area (Å²) in [6.45, 7) is 0. The first-order chi connectivity index (χ1) is 5.61. The molecule has 1 rings (SSSR count). The largest absolute Gasteiger partial charge is 0.481 e. The molecule has 0 unspecified atom stereocenters. The first-order valence-electron chi connectivity index (χ1n) is 3.19. The van der Waals surface area contributed by atoms with Gasteiger partial charge in [-0.05, 0) is 0 Å². The van der Waals surface area contributed by atoms with Crippen LogP contribution in [0.4, 0.5) is 4.39 Å². The molecule has 0 aliphatic rings. The molecule has 1 heterocycles. The summed E-state index contributed by atoms with van der Waals surface area (Å²) in [6.07, 6.45) is 0.700. The van der Waals surface area contributed by atoms with Crippen molar-refractivity contribution in [2.45, 2.75) is 6.42 Å². The predicted octanol–water partition coefficient (Wildman–Crippen LogP) is 0.141. The average molecular weight is 171 g/mol. The molecule has 0 spiro atoms. The molecule has 5 heteroatoms. The second-order valence-corrected chi connectivity index (χ2v) is 2.20. The van der Waals surface area contributed by atoms with Gasteiger partial charge in [-0.1, -0.05) is 0 Å². The molecule has 4 nitrogen and oxygen atoms in total. The number of aromatic nitrogens is 1. The third-order valence-corrected chi connectivity index (χ3v) is 1.30. The molecular weight excluding hydrogens is 165 g/mol. The summed E-state index contributed by atoms with van der Waals surface area (Å²) in [5, 5.41) is 8.29. The van der Waals surface area contributed by atoms with Gasteiger partial charge in [0.2, 0.25) is 5.43 Å². The van der Waals surface area contributed by atoms with Crippen LogP contribution in [-0.2, 0) is 11.2 Å². The van der Waals surface area contributed by atoms with Crippen molar-refractivity contribution in [3.05, 3.63) is 34.0 Å². The van der Waals surface area contributed by atoms with E-state index in [0.717, 1.165) is 6.07 Å². The number of nitrogens with one attached hydrogen (secondary N) is 1. The van der Waals surface area contributed by atoms with Gasteiger partial charge < -0.3 is 10.1 Å². The monoisotopic (exact) mass is 171 g/mol. The Morgan fingerprint density at radius 2 is 2.33 bits per heavy atom. The molecule has 64 valence electrons. The highest BCUT2D eigenvalue weighted by Crippen LogP contribution is 1.97. The van der Waals surface area contributed by atoms with Crippen LogP contribution in [0.3, 0.4) is 0 Å². The molecule has 1 aromatic rings. The number of carboxylic acids is 1. The van der Waals surface area contributed by atoms with E-state index < -0.39 is 23.6 Å². The zero-order valence-corrected chi connectivity index (χ0v) is 6.00. The lowest BCUT2D eigenvalue weighted by molar-refractivity contribution is -0.136. The summed E-state index contributed by atoms with van der Waals surface area (Å²) in [4.78, 5) is 23.1. The summed E-state index contributed by atoms with van der Waals surface area (Å²) in [7, 11) is 0. The van der Waals surface area contributed by atoms with Crippen molar-refractivity contribution in [3.63, 3.8) is 0 Å². The molecule has 0 aromatic carbocycles. The SMILES string of the molecule is O=C(O)Cc1[nH]ccc(=O)c1F. The summed E-state index contributed by atoms with van der Waals surface area (Å²) in [5.74, 6) is -2.21. The number of H-pyrrole nitrogens is 1. The van der Waals surface area contributed by atoms with Crippen LogP contribution in [0.1, 0.15) is 5.69 Å². The van der Waals surface area contributed by atoms with Gasteiger partial charge >= 0.3 is 5.97 Å². The smallest absolute Gasteiger partial charge is 0.309 e. The number of rotatable bonds is 2. The Morgan fingerprint density at radius 1 is 1.67 bits per heavy atom. The molecule has 0 atom stereocenters. The van der Waals surface area contributed by atoms with Gasteiger partial charge in [-0.3, -0.25) is 9.59 Å². The first-order valence-corrected chi connectivity index (χ1v) is 3.19. The van der Waals surface area contributed by atoms with Gasteiger partial charge in [-0.25, -0.2) is 4.39 Å². The van der Waals surface area contributed by atoms with Gasteiger partial charge in [0.1, 0.15) is 0 Å². The van der Waals surface area contributed by atoms with Crippen LogP contribution >= 0.6 is 0 Å². The van der Waals surface area contributed by atoms with E-state index in [1.165, 1.54) is 6.20 Å². The zero-order chi connectivity index (χ0) is 9.14. The summed E-state index contributed by atoms with van der Waals surface area (Å²) in [5.41, 5.74) is -1.000. The van der Waals surface area contributed by atoms with Crippen molar-refractivity contribution < 1.29 is 14.3 Å². The van der Waals surface area contributed by atoms with Crippen molar-refractivity contribution in [2.75, 3.05) is 0 Å². The van der Waals surface area contributed by atoms with Crippen molar-refractivity contribution >= 4 is 5.97 Å². The van der Waals surface area contributed by atoms with Crippen LogP contribution < -0.4 is 5.43 Å². The van der Waals surface area contributed by atoms with E-state index in [-0.39, 0.29) is 5.69 Å². The molecule has 0 fully saturated rings. The minimum atomic E-state index is -1.18. The maximum atomic E-state index is 12.8. The summed E-state index contributed by atoms with van der Waals surface area (Å²) in [6, 6.07) is 1.00. The van der Waals surface area contributed by atoms with Gasteiger partial charge in [0.15, 0.2) is 5.82 Å². The number of carboxylic acid groups (broad SMARTS) is 1. The summed E-state index contributed by atoms with van der Waals surface area (Å²) < 4.78 is 12.8.